The van der Waals surface area contributed by atoms with Gasteiger partial charge in [-0.15, -0.1) is 24.0 Å². The molecule has 1 unspecified atom stereocenters. The van der Waals surface area contributed by atoms with Gasteiger partial charge in [-0.1, -0.05) is 31.2 Å². The molecule has 0 aromatic heterocycles. The van der Waals surface area contributed by atoms with Crippen LogP contribution in [-0.2, 0) is 4.74 Å². The maximum Gasteiger partial charge on any atom is 0.194 e. The Morgan fingerprint density at radius 2 is 1.93 bits per heavy atom. The van der Waals surface area contributed by atoms with E-state index in [0.717, 1.165) is 44.7 Å². The van der Waals surface area contributed by atoms with Gasteiger partial charge in [0.15, 0.2) is 5.96 Å². The maximum absolute atomic E-state index is 6.10. The monoisotopic (exact) mass is 514 g/mol. The fraction of sp³-hybridized carbons (Fsp3) is 0.696. The van der Waals surface area contributed by atoms with Crippen LogP contribution in [0.5, 0.6) is 0 Å². The fourth-order valence-electron chi connectivity index (χ4n) is 4.33. The summed E-state index contributed by atoms with van der Waals surface area (Å²) in [5.74, 6) is 1.77. The SMILES string of the molecule is CCCN1CCC(CN=C(NCC)N2CCOC(c3ccccc3C)C2)CC1.I. The highest BCUT2D eigenvalue weighted by Crippen LogP contribution is 2.25. The lowest BCUT2D eigenvalue weighted by atomic mass is 9.97. The molecule has 1 aromatic carbocycles. The summed E-state index contributed by atoms with van der Waals surface area (Å²) in [4.78, 5) is 10.0. The van der Waals surface area contributed by atoms with Crippen molar-refractivity contribution < 1.29 is 4.74 Å². The summed E-state index contributed by atoms with van der Waals surface area (Å²) >= 11 is 0. The minimum Gasteiger partial charge on any atom is -0.370 e. The van der Waals surface area contributed by atoms with Crippen LogP contribution in [0.4, 0.5) is 0 Å². The summed E-state index contributed by atoms with van der Waals surface area (Å²) in [5, 5.41) is 3.52. The quantitative estimate of drug-likeness (QED) is 0.353. The molecule has 0 bridgehead atoms. The standard InChI is InChI=1S/C23H38N4O.HI/c1-4-12-26-13-10-20(11-14-26)17-25-23(24-5-2)27-15-16-28-22(18-27)21-9-7-6-8-19(21)3;/h6-9,20,22H,4-5,10-18H2,1-3H3,(H,24,25);1H. The van der Waals surface area contributed by atoms with E-state index in [9.17, 15) is 0 Å². The van der Waals surface area contributed by atoms with Gasteiger partial charge in [-0.2, -0.15) is 0 Å². The lowest BCUT2D eigenvalue weighted by molar-refractivity contribution is -0.00836. The fourth-order valence-corrected chi connectivity index (χ4v) is 4.33. The molecule has 6 heteroatoms. The number of likely N-dealkylation sites (tertiary alicyclic amines) is 1. The van der Waals surface area contributed by atoms with Gasteiger partial charge in [-0.25, -0.2) is 0 Å². The Labute approximate surface area is 194 Å². The number of aliphatic imine (C=N–C) groups is 1. The van der Waals surface area contributed by atoms with Gasteiger partial charge in [0.25, 0.3) is 0 Å². The van der Waals surface area contributed by atoms with Crippen molar-refractivity contribution in [1.82, 2.24) is 15.1 Å². The van der Waals surface area contributed by atoms with Gasteiger partial charge in [-0.05, 0) is 69.8 Å². The van der Waals surface area contributed by atoms with Crippen LogP contribution in [0, 0.1) is 12.8 Å². The Morgan fingerprint density at radius 3 is 2.62 bits per heavy atom. The average Bonchev–Trinajstić information content (AvgIpc) is 2.73. The molecule has 5 nitrogen and oxygen atoms in total. The molecule has 1 N–H and O–H groups in total. The van der Waals surface area contributed by atoms with Crippen LogP contribution in [0.2, 0.25) is 0 Å². The van der Waals surface area contributed by atoms with Crippen LogP contribution in [0.25, 0.3) is 0 Å². The molecular formula is C23H39IN4O. The highest BCUT2D eigenvalue weighted by atomic mass is 127. The van der Waals surface area contributed by atoms with Crippen LogP contribution in [0.15, 0.2) is 29.3 Å². The number of piperidine rings is 1. The van der Waals surface area contributed by atoms with Crippen molar-refractivity contribution in [2.45, 2.75) is 46.1 Å². The predicted octanol–water partition coefficient (Wildman–Crippen LogP) is 4.07. The first-order valence-corrected chi connectivity index (χ1v) is 11.1. The molecule has 164 valence electrons. The van der Waals surface area contributed by atoms with Gasteiger partial charge < -0.3 is 19.9 Å². The number of rotatable bonds is 6. The molecule has 0 radical (unpaired) electrons. The first-order chi connectivity index (χ1) is 13.7. The van der Waals surface area contributed by atoms with E-state index in [2.05, 4.69) is 60.2 Å². The molecule has 0 amide bonds. The highest BCUT2D eigenvalue weighted by Gasteiger charge is 2.25. The Morgan fingerprint density at radius 1 is 1.17 bits per heavy atom. The summed E-state index contributed by atoms with van der Waals surface area (Å²) in [6, 6.07) is 8.56. The summed E-state index contributed by atoms with van der Waals surface area (Å²) in [7, 11) is 0. The molecule has 1 atom stereocenters. The lowest BCUT2D eigenvalue weighted by Gasteiger charge is -2.36. The zero-order valence-corrected chi connectivity index (χ0v) is 20.7. The second-order valence-electron chi connectivity index (χ2n) is 8.14. The van der Waals surface area contributed by atoms with E-state index >= 15 is 0 Å². The van der Waals surface area contributed by atoms with Crippen molar-refractivity contribution in [2.75, 3.05) is 52.4 Å². The number of halogens is 1. The number of hydrogen-bond donors (Lipinski definition) is 1. The summed E-state index contributed by atoms with van der Waals surface area (Å²) in [6.07, 6.45) is 3.93. The van der Waals surface area contributed by atoms with E-state index < -0.39 is 0 Å². The molecule has 2 heterocycles. The maximum atomic E-state index is 6.10. The van der Waals surface area contributed by atoms with Crippen molar-refractivity contribution in [1.29, 1.82) is 0 Å². The van der Waals surface area contributed by atoms with E-state index in [1.165, 1.54) is 50.0 Å². The van der Waals surface area contributed by atoms with Crippen LogP contribution in [-0.4, -0.2) is 68.2 Å². The molecule has 3 rings (SSSR count). The van der Waals surface area contributed by atoms with E-state index in [0.29, 0.717) is 0 Å². The van der Waals surface area contributed by atoms with Crippen molar-refractivity contribution in [3.8, 4) is 0 Å². The minimum atomic E-state index is 0. The van der Waals surface area contributed by atoms with Crippen LogP contribution in [0.1, 0.15) is 50.3 Å². The number of nitrogens with zero attached hydrogens (tertiary/aromatic N) is 3. The molecule has 2 aliphatic heterocycles. The van der Waals surface area contributed by atoms with E-state index in [1.54, 1.807) is 0 Å². The second-order valence-corrected chi connectivity index (χ2v) is 8.14. The molecule has 0 saturated carbocycles. The molecule has 2 fully saturated rings. The largest absolute Gasteiger partial charge is 0.370 e. The van der Waals surface area contributed by atoms with Gasteiger partial charge in [0.05, 0.1) is 13.2 Å². The summed E-state index contributed by atoms with van der Waals surface area (Å²) in [5.41, 5.74) is 2.60. The first-order valence-electron chi connectivity index (χ1n) is 11.1. The predicted molar refractivity (Wildman–Crippen MR) is 132 cm³/mol. The van der Waals surface area contributed by atoms with E-state index in [-0.39, 0.29) is 30.1 Å². The number of nitrogens with one attached hydrogen (secondary N) is 1. The van der Waals surface area contributed by atoms with Crippen LogP contribution >= 0.6 is 24.0 Å². The highest BCUT2D eigenvalue weighted by molar-refractivity contribution is 14.0. The van der Waals surface area contributed by atoms with Gasteiger partial charge in [0.1, 0.15) is 6.10 Å². The number of benzene rings is 1. The second kappa shape index (κ2) is 12.7. The normalized spacial score (nSPS) is 21.7. The molecule has 1 aromatic rings. The molecule has 0 spiro atoms. The smallest absolute Gasteiger partial charge is 0.194 e. The Bertz CT molecular complexity index is 631. The van der Waals surface area contributed by atoms with Gasteiger partial charge in [-0.3, -0.25) is 4.99 Å². The van der Waals surface area contributed by atoms with E-state index in [1.807, 2.05) is 0 Å². The summed E-state index contributed by atoms with van der Waals surface area (Å²) < 4.78 is 6.10. The van der Waals surface area contributed by atoms with Gasteiger partial charge >= 0.3 is 0 Å². The third kappa shape index (κ3) is 7.10. The molecule has 2 aliphatic rings. The molecular weight excluding hydrogens is 475 g/mol. The Kier molecular flexibility index (Phi) is 10.7. The molecule has 2 saturated heterocycles. The van der Waals surface area contributed by atoms with Crippen molar-refractivity contribution in [3.05, 3.63) is 35.4 Å². The summed E-state index contributed by atoms with van der Waals surface area (Å²) in [6.45, 7) is 14.7. The van der Waals surface area contributed by atoms with Crippen LogP contribution < -0.4 is 5.32 Å². The Hall–Kier alpha value is -0.860. The Balaban J connectivity index is 0.00000300. The van der Waals surface area contributed by atoms with Crippen molar-refractivity contribution in [2.24, 2.45) is 10.9 Å². The third-order valence-electron chi connectivity index (χ3n) is 5.98. The molecule has 29 heavy (non-hydrogen) atoms. The van der Waals surface area contributed by atoms with Crippen LogP contribution in [0.3, 0.4) is 0 Å². The van der Waals surface area contributed by atoms with Gasteiger partial charge in [0, 0.05) is 19.6 Å². The zero-order chi connectivity index (χ0) is 19.8. The average molecular weight is 514 g/mol. The first kappa shape index (κ1) is 24.4. The topological polar surface area (TPSA) is 40.1 Å². The number of ether oxygens (including phenoxy) is 1. The third-order valence-corrected chi connectivity index (χ3v) is 5.98. The number of hydrogen-bond acceptors (Lipinski definition) is 3. The van der Waals surface area contributed by atoms with Gasteiger partial charge in [0.2, 0.25) is 0 Å². The van der Waals surface area contributed by atoms with Crippen molar-refractivity contribution in [3.63, 3.8) is 0 Å². The molecule has 0 aliphatic carbocycles. The lowest BCUT2D eigenvalue weighted by Crippen LogP contribution is -2.48. The zero-order valence-electron chi connectivity index (χ0n) is 18.4. The van der Waals surface area contributed by atoms with Crippen molar-refractivity contribution >= 4 is 29.9 Å². The number of guanidine groups is 1. The number of aryl methyl sites for hydroxylation is 1. The number of morpholine rings is 1. The van der Waals surface area contributed by atoms with E-state index in [4.69, 9.17) is 9.73 Å². The minimum absolute atomic E-state index is 0.